The van der Waals surface area contributed by atoms with Crippen LogP contribution in [0, 0.1) is 24.2 Å². The van der Waals surface area contributed by atoms with Gasteiger partial charge in [0.2, 0.25) is 5.95 Å². The van der Waals surface area contributed by atoms with E-state index in [2.05, 4.69) is 9.71 Å². The highest BCUT2D eigenvalue weighted by molar-refractivity contribution is 7.92. The van der Waals surface area contributed by atoms with Crippen LogP contribution in [0.3, 0.4) is 0 Å². The summed E-state index contributed by atoms with van der Waals surface area (Å²) < 4.78 is 39.4. The second-order valence-electron chi connectivity index (χ2n) is 4.07. The molecule has 1 aromatic heterocycles. The third kappa shape index (κ3) is 2.92. The monoisotopic (exact) mass is 291 g/mol. The van der Waals surface area contributed by atoms with Crippen LogP contribution >= 0.6 is 0 Å². The predicted octanol–water partition coefficient (Wildman–Crippen LogP) is 2.20. The van der Waals surface area contributed by atoms with Crippen molar-refractivity contribution in [3.05, 3.63) is 53.6 Å². The number of aryl methyl sites for hydroxylation is 1. The van der Waals surface area contributed by atoms with Crippen molar-refractivity contribution < 1.29 is 12.8 Å². The highest BCUT2D eigenvalue weighted by Crippen LogP contribution is 2.20. The number of halogens is 1. The first-order chi connectivity index (χ1) is 9.42. The number of nitriles is 1. The van der Waals surface area contributed by atoms with E-state index in [1.807, 2.05) is 6.07 Å². The summed E-state index contributed by atoms with van der Waals surface area (Å²) in [6.07, 6.45) is 1.08. The summed E-state index contributed by atoms with van der Waals surface area (Å²) in [5.41, 5.74) is 0.896. The van der Waals surface area contributed by atoms with Crippen LogP contribution in [0.25, 0.3) is 0 Å². The van der Waals surface area contributed by atoms with Gasteiger partial charge in [-0.25, -0.2) is 13.4 Å². The summed E-state index contributed by atoms with van der Waals surface area (Å²) in [5.74, 6) is -0.699. The molecule has 0 aliphatic carbocycles. The fraction of sp³-hybridized carbons (Fsp3) is 0.0769. The van der Waals surface area contributed by atoms with E-state index in [0.717, 1.165) is 12.3 Å². The molecule has 0 unspecified atom stereocenters. The predicted molar refractivity (Wildman–Crippen MR) is 70.9 cm³/mol. The number of aromatic nitrogens is 1. The Morgan fingerprint density at radius 3 is 2.65 bits per heavy atom. The molecule has 0 amide bonds. The van der Waals surface area contributed by atoms with Gasteiger partial charge in [-0.05, 0) is 36.8 Å². The minimum atomic E-state index is -3.85. The number of rotatable bonds is 3. The topological polar surface area (TPSA) is 82.8 Å². The Balaban J connectivity index is 2.40. The second-order valence-corrected chi connectivity index (χ2v) is 5.72. The number of nitrogens with zero attached hydrogens (tertiary/aromatic N) is 2. The van der Waals surface area contributed by atoms with E-state index >= 15 is 0 Å². The lowest BCUT2D eigenvalue weighted by molar-refractivity contribution is 0.583. The Bertz CT molecular complexity index is 780. The van der Waals surface area contributed by atoms with Crippen LogP contribution in [-0.4, -0.2) is 13.4 Å². The van der Waals surface area contributed by atoms with Crippen molar-refractivity contribution in [2.45, 2.75) is 11.8 Å². The molecule has 1 aromatic carbocycles. The van der Waals surface area contributed by atoms with E-state index in [-0.39, 0.29) is 16.1 Å². The van der Waals surface area contributed by atoms with Gasteiger partial charge in [0.25, 0.3) is 10.0 Å². The first-order valence-corrected chi connectivity index (χ1v) is 7.06. The number of hydrogen-bond acceptors (Lipinski definition) is 4. The lowest BCUT2D eigenvalue weighted by Gasteiger charge is -2.10. The van der Waals surface area contributed by atoms with Crippen molar-refractivity contribution in [2.75, 3.05) is 4.72 Å². The van der Waals surface area contributed by atoms with Gasteiger partial charge in [-0.3, -0.25) is 4.72 Å². The van der Waals surface area contributed by atoms with Crippen LogP contribution in [0.2, 0.25) is 0 Å². The molecule has 5 nitrogen and oxygen atoms in total. The van der Waals surface area contributed by atoms with E-state index in [1.165, 1.54) is 18.2 Å². The second kappa shape index (κ2) is 5.27. The van der Waals surface area contributed by atoms with Crippen LogP contribution in [0.5, 0.6) is 0 Å². The molecule has 2 rings (SSSR count). The molecule has 0 bridgehead atoms. The Kier molecular flexibility index (Phi) is 3.68. The number of anilines is 1. The lowest BCUT2D eigenvalue weighted by Crippen LogP contribution is -2.14. The van der Waals surface area contributed by atoms with Gasteiger partial charge in [0, 0.05) is 0 Å². The highest BCUT2D eigenvalue weighted by atomic mass is 32.2. The normalized spacial score (nSPS) is 10.8. The van der Waals surface area contributed by atoms with E-state index in [4.69, 9.17) is 5.26 Å². The molecule has 7 heteroatoms. The largest absolute Gasteiger partial charge is 0.278 e. The molecule has 0 saturated heterocycles. The van der Waals surface area contributed by atoms with Crippen molar-refractivity contribution in [3.63, 3.8) is 0 Å². The molecule has 20 heavy (non-hydrogen) atoms. The molecular weight excluding hydrogens is 281 g/mol. The maximum atomic E-state index is 12.7. The summed E-state index contributed by atoms with van der Waals surface area (Å²) in [4.78, 5) is 3.37. The van der Waals surface area contributed by atoms with Crippen molar-refractivity contribution in [3.8, 4) is 6.07 Å². The molecule has 102 valence electrons. The van der Waals surface area contributed by atoms with Gasteiger partial charge in [-0.1, -0.05) is 6.07 Å². The molecule has 1 N–H and O–H groups in total. The van der Waals surface area contributed by atoms with Gasteiger partial charge in [0.05, 0.1) is 28.4 Å². The fourth-order valence-electron chi connectivity index (χ4n) is 1.61. The average Bonchev–Trinajstić information content (AvgIpc) is 2.41. The molecule has 0 aliphatic rings. The van der Waals surface area contributed by atoms with Crippen molar-refractivity contribution in [1.82, 2.24) is 4.98 Å². The molecule has 0 saturated carbocycles. The summed E-state index contributed by atoms with van der Waals surface area (Å²) in [6, 6.07) is 8.58. The van der Waals surface area contributed by atoms with Crippen LogP contribution in [0.4, 0.5) is 10.1 Å². The van der Waals surface area contributed by atoms with Crippen LogP contribution in [0.15, 0.2) is 41.4 Å². The number of pyridine rings is 1. The Hall–Kier alpha value is -2.46. The number of nitrogens with one attached hydrogen (secondary N) is 1. The molecule has 0 spiro atoms. The van der Waals surface area contributed by atoms with E-state index in [0.29, 0.717) is 5.56 Å². The molecule has 0 aliphatic heterocycles. The zero-order valence-electron chi connectivity index (χ0n) is 10.5. The Morgan fingerprint density at radius 2 is 2.05 bits per heavy atom. The molecule has 0 fully saturated rings. The minimum Gasteiger partial charge on any atom is -0.278 e. The maximum absolute atomic E-state index is 12.7. The summed E-state index contributed by atoms with van der Waals surface area (Å²) in [6.45, 7) is 1.62. The number of benzene rings is 1. The molecule has 0 atom stereocenters. The van der Waals surface area contributed by atoms with Crippen molar-refractivity contribution in [1.29, 1.82) is 5.26 Å². The van der Waals surface area contributed by atoms with Gasteiger partial charge in [0.15, 0.2) is 0 Å². The third-order valence-electron chi connectivity index (χ3n) is 2.59. The van der Waals surface area contributed by atoms with E-state index in [1.54, 1.807) is 13.0 Å². The van der Waals surface area contributed by atoms with Crippen molar-refractivity contribution in [2.24, 2.45) is 0 Å². The van der Waals surface area contributed by atoms with Gasteiger partial charge in [0.1, 0.15) is 0 Å². The van der Waals surface area contributed by atoms with Gasteiger partial charge < -0.3 is 0 Å². The first-order valence-electron chi connectivity index (χ1n) is 5.57. The lowest BCUT2D eigenvalue weighted by atomic mass is 10.2. The highest BCUT2D eigenvalue weighted by Gasteiger charge is 2.17. The van der Waals surface area contributed by atoms with Gasteiger partial charge in [-0.15, -0.1) is 0 Å². The Labute approximate surface area is 115 Å². The van der Waals surface area contributed by atoms with E-state index < -0.39 is 16.0 Å². The smallest absolute Gasteiger partial charge is 0.262 e. The third-order valence-corrected chi connectivity index (χ3v) is 4.11. The minimum absolute atomic E-state index is 0.000810. The first kappa shape index (κ1) is 14.0. The summed E-state index contributed by atoms with van der Waals surface area (Å²) in [5, 5.41) is 8.82. The molecular formula is C13H10FN3O2S. The number of sulfonamides is 1. The zero-order valence-corrected chi connectivity index (χ0v) is 11.3. The van der Waals surface area contributed by atoms with Crippen LogP contribution < -0.4 is 4.72 Å². The van der Waals surface area contributed by atoms with Gasteiger partial charge in [-0.2, -0.15) is 9.65 Å². The van der Waals surface area contributed by atoms with Gasteiger partial charge >= 0.3 is 0 Å². The summed E-state index contributed by atoms with van der Waals surface area (Å²) >= 11 is 0. The van der Waals surface area contributed by atoms with Crippen molar-refractivity contribution >= 4 is 15.7 Å². The average molecular weight is 291 g/mol. The number of hydrogen-bond donors (Lipinski definition) is 1. The molecule has 0 radical (unpaired) electrons. The van der Waals surface area contributed by atoms with E-state index in [9.17, 15) is 12.8 Å². The fourth-order valence-corrected chi connectivity index (χ4v) is 2.92. The maximum Gasteiger partial charge on any atom is 0.262 e. The standard InChI is InChI=1S/C13H10FN3O2S/c1-9-2-3-10(7-15)6-12(9)20(18,19)17-11-4-5-13(14)16-8-11/h2-6,8,17H,1H3. The van der Waals surface area contributed by atoms with Crippen LogP contribution in [-0.2, 0) is 10.0 Å². The SMILES string of the molecule is Cc1ccc(C#N)cc1S(=O)(=O)Nc1ccc(F)nc1. The quantitative estimate of drug-likeness (QED) is 0.879. The van der Waals surface area contributed by atoms with Crippen LogP contribution in [0.1, 0.15) is 11.1 Å². The Morgan fingerprint density at radius 1 is 1.30 bits per heavy atom. The molecule has 2 aromatic rings. The zero-order chi connectivity index (χ0) is 14.8. The summed E-state index contributed by atoms with van der Waals surface area (Å²) in [7, 11) is -3.85. The molecule has 1 heterocycles.